The molecule has 0 saturated heterocycles. The van der Waals surface area contributed by atoms with Gasteiger partial charge in [-0.15, -0.1) is 15.8 Å². The molecule has 0 bridgehead atoms. The molecule has 6 heteroatoms. The van der Waals surface area contributed by atoms with Gasteiger partial charge in [0.15, 0.2) is 0 Å². The zero-order chi connectivity index (χ0) is 85.3. The van der Waals surface area contributed by atoms with Crippen LogP contribution < -0.4 is 0 Å². The van der Waals surface area contributed by atoms with Gasteiger partial charge < -0.3 is 14.4 Å². The first-order valence-corrected chi connectivity index (χ1v) is 58.8. The molecule has 117 heavy (non-hydrogen) atoms. The molecule has 0 saturated carbocycles. The fraction of sp³-hybridized carbons (Fsp3) is 0.973. The summed E-state index contributed by atoms with van der Waals surface area (Å²) in [6, 6.07) is 0. The van der Waals surface area contributed by atoms with Gasteiger partial charge in [-0.05, 0) is 75.5 Å². The van der Waals surface area contributed by atoms with Crippen LogP contribution in [0.3, 0.4) is 0 Å². The van der Waals surface area contributed by atoms with Gasteiger partial charge in [0, 0.05) is 17.1 Å². The molecule has 0 fully saturated rings. The van der Waals surface area contributed by atoms with Gasteiger partial charge in [-0.2, -0.15) is 0 Å². The van der Waals surface area contributed by atoms with Crippen molar-refractivity contribution < 1.29 is 31.5 Å². The average molecular weight is 1730 g/mol. The summed E-state index contributed by atoms with van der Waals surface area (Å²) in [7, 11) is 0.623. The van der Waals surface area contributed by atoms with Crippen molar-refractivity contribution in [3.63, 3.8) is 0 Å². The van der Waals surface area contributed by atoms with Crippen molar-refractivity contribution in [2.24, 2.45) is 0 Å². The van der Waals surface area contributed by atoms with Crippen LogP contribution in [0, 0.1) is 0 Å². The fourth-order valence-corrected chi connectivity index (χ4v) is 23.3. The summed E-state index contributed by atoms with van der Waals surface area (Å²) < 4.78 is 0. The predicted molar refractivity (Wildman–Crippen MR) is 542 cm³/mol. The normalized spacial score (nSPS) is 11.2. The van der Waals surface area contributed by atoms with E-state index in [1.54, 1.807) is 75.5 Å². The Labute approximate surface area is 757 Å². The second-order valence-corrected chi connectivity index (χ2v) is 42.9. The summed E-state index contributed by atoms with van der Waals surface area (Å²) in [6.45, 7) is 19.9. The molecule has 708 valence electrons. The molecule has 0 rings (SSSR count). The Bertz CT molecular complexity index is 1270. The van der Waals surface area contributed by atoms with Gasteiger partial charge in [-0.25, -0.2) is 0 Å². The van der Waals surface area contributed by atoms with Crippen LogP contribution in [-0.4, -0.2) is 57.3 Å². The maximum atomic E-state index is 8.00. The number of carbonyl (C=O) groups excluding carboxylic acids is 3. The molecule has 3 nitrogen and oxygen atoms in total. The minimum absolute atomic E-state index is 0. The molecule has 0 heterocycles. The summed E-state index contributed by atoms with van der Waals surface area (Å²) >= 11 is 0. The third kappa shape index (κ3) is 130. The van der Waals surface area contributed by atoms with Gasteiger partial charge in [0.05, 0.1) is 0 Å². The third-order valence-electron chi connectivity index (χ3n) is 26.0. The second-order valence-electron chi connectivity index (χ2n) is 37.5. The van der Waals surface area contributed by atoms with E-state index in [0.717, 1.165) is 0 Å². The van der Waals surface area contributed by atoms with Gasteiger partial charge in [0.1, 0.15) is 20.4 Å². The van der Waals surface area contributed by atoms with Crippen molar-refractivity contribution in [1.82, 2.24) is 0 Å². The summed E-state index contributed by atoms with van der Waals surface area (Å²) in [6.07, 6.45) is 153. The fourth-order valence-electron chi connectivity index (χ4n) is 18.0. The molecule has 0 unspecified atom stereocenters. The molecule has 0 aromatic heterocycles. The molecule has 0 aliphatic heterocycles. The molecule has 0 aliphatic carbocycles. The first kappa shape index (κ1) is 128. The van der Waals surface area contributed by atoms with E-state index in [0.29, 0.717) is 15.8 Å². The van der Waals surface area contributed by atoms with E-state index in [2.05, 4.69) is 41.5 Å². The van der Waals surface area contributed by atoms with E-state index in [9.17, 15) is 0 Å². The zero-order valence-electron chi connectivity index (χ0n) is 82.7. The van der Waals surface area contributed by atoms with Gasteiger partial charge in [-0.3, -0.25) is 0 Å². The van der Waals surface area contributed by atoms with Crippen molar-refractivity contribution in [3.05, 3.63) is 0 Å². The number of unbranched alkanes of at least 4 members (excludes halogenated alkanes) is 90. The van der Waals surface area contributed by atoms with Crippen molar-refractivity contribution in [2.45, 2.75) is 658 Å². The van der Waals surface area contributed by atoms with Crippen molar-refractivity contribution in [3.8, 4) is 0 Å². The zero-order valence-corrected chi connectivity index (χ0v) is 85.6. The van der Waals surface area contributed by atoms with E-state index < -0.39 is 0 Å². The van der Waals surface area contributed by atoms with Crippen molar-refractivity contribution in [2.75, 3.05) is 37.0 Å². The maximum Gasteiger partial charge on any atom is 0.106 e. The SMILES string of the molecule is C=O.C=O.C=O.CCCCCCCCCCCCCCCCCCP(CCCCCCCCCCCCCCCCCC)CCCCCCCCCCCCCCCCCC.CCCCCCCCCCCCCCCCCCP(CCCCCCCCCCCCCCCCCC)CCCCCCCCCCCCCCCCCC.[Fe]. The van der Waals surface area contributed by atoms with Crippen LogP contribution in [0.4, 0.5) is 0 Å². The van der Waals surface area contributed by atoms with Gasteiger partial charge in [0.25, 0.3) is 0 Å². The Kier molecular flexibility index (Phi) is 144. The van der Waals surface area contributed by atoms with Crippen LogP contribution in [0.2, 0.25) is 0 Å². The Morgan fingerprint density at radius 3 is 0.214 bits per heavy atom. The Hall–Kier alpha value is 0.389. The summed E-state index contributed by atoms with van der Waals surface area (Å²) in [5.74, 6) is 0. The van der Waals surface area contributed by atoms with Crippen LogP contribution in [0.5, 0.6) is 0 Å². The number of hydrogen-bond acceptors (Lipinski definition) is 3. The Morgan fingerprint density at radius 2 is 0.154 bits per heavy atom. The largest absolute Gasteiger partial charge is 0.307 e. The van der Waals surface area contributed by atoms with Crippen LogP contribution >= 0.6 is 15.8 Å². The minimum Gasteiger partial charge on any atom is -0.307 e. The second kappa shape index (κ2) is 132. The van der Waals surface area contributed by atoms with E-state index in [-0.39, 0.29) is 17.1 Å². The van der Waals surface area contributed by atoms with Crippen molar-refractivity contribution in [1.29, 1.82) is 0 Å². The van der Waals surface area contributed by atoms with Gasteiger partial charge in [-0.1, -0.05) is 619 Å². The molecule has 0 aromatic carbocycles. The molecule has 0 amide bonds. The molecule has 0 spiro atoms. The Balaban J connectivity index is -0.000000491. The average Bonchev–Trinajstić information content (AvgIpc) is 1.00. The van der Waals surface area contributed by atoms with E-state index >= 15 is 0 Å². The van der Waals surface area contributed by atoms with E-state index in [1.807, 2.05) is 20.4 Å². The number of hydrogen-bond donors (Lipinski definition) is 0. The molecule has 0 atom stereocenters. The molecule has 0 aromatic rings. The van der Waals surface area contributed by atoms with E-state index in [1.165, 1.54) is 578 Å². The summed E-state index contributed by atoms with van der Waals surface area (Å²) in [5, 5.41) is 0. The van der Waals surface area contributed by atoms with Crippen LogP contribution in [0.15, 0.2) is 0 Å². The van der Waals surface area contributed by atoms with Crippen LogP contribution in [0.25, 0.3) is 0 Å². The first-order valence-electron chi connectivity index (χ1n) is 55.0. The summed E-state index contributed by atoms with van der Waals surface area (Å²) in [4.78, 5) is 24.0. The van der Waals surface area contributed by atoms with E-state index in [4.69, 9.17) is 14.4 Å². The molecular weight excluding hydrogens is 1500 g/mol. The summed E-state index contributed by atoms with van der Waals surface area (Å²) in [5.41, 5.74) is 0. The molecule has 0 radical (unpaired) electrons. The smallest absolute Gasteiger partial charge is 0.106 e. The standard InChI is InChI=1S/2C54H111P.3CH2O.Fe/c2*1-4-7-10-13-16-19-22-25-28-31-34-37-40-43-46-49-52-55(53-50-47-44-41-38-35-32-29-26-23-20-17-14-11-8-5-2)54-51-48-45-42-39-36-33-30-27-24-21-18-15-12-9-6-3;3*1-2;/h2*4-54H2,1-3H3;3*1H2;. The molecular formula is C111H228FeO3P2. The first-order chi connectivity index (χ1) is 57.7. The molecule has 0 aliphatic rings. The number of rotatable bonds is 102. The quantitative estimate of drug-likeness (QED) is 0.0346. The topological polar surface area (TPSA) is 51.2 Å². The van der Waals surface area contributed by atoms with Crippen molar-refractivity contribution >= 4 is 36.2 Å². The van der Waals surface area contributed by atoms with Gasteiger partial charge in [0.2, 0.25) is 0 Å². The van der Waals surface area contributed by atoms with Gasteiger partial charge >= 0.3 is 0 Å². The number of carbonyl (C=O) groups is 3. The monoisotopic (exact) mass is 1730 g/mol. The predicted octanol–water partition coefficient (Wildman–Crippen LogP) is 41.9. The van der Waals surface area contributed by atoms with Crippen LogP contribution in [-0.2, 0) is 31.5 Å². The van der Waals surface area contributed by atoms with Crippen LogP contribution in [0.1, 0.15) is 658 Å². The third-order valence-corrected chi connectivity index (χ3v) is 31.7. The maximum absolute atomic E-state index is 8.00. The minimum atomic E-state index is 0. The Morgan fingerprint density at radius 1 is 0.103 bits per heavy atom. The molecule has 0 N–H and O–H groups in total.